The van der Waals surface area contributed by atoms with Gasteiger partial charge in [-0.3, -0.25) is 0 Å². The highest BCUT2D eigenvalue weighted by molar-refractivity contribution is 5.23. The van der Waals surface area contributed by atoms with E-state index in [-0.39, 0.29) is 11.9 Å². The average molecular weight is 423 g/mol. The molecule has 2 aliphatic rings. The van der Waals surface area contributed by atoms with Gasteiger partial charge in [-0.2, -0.15) is 0 Å². The summed E-state index contributed by atoms with van der Waals surface area (Å²) in [4.78, 5) is 3.32. The summed E-state index contributed by atoms with van der Waals surface area (Å²) in [6.45, 7) is 5.20. The van der Waals surface area contributed by atoms with Crippen LogP contribution in [0.4, 0.5) is 4.39 Å². The summed E-state index contributed by atoms with van der Waals surface area (Å²) in [5.41, 5.74) is 2.24. The second-order valence-corrected chi connectivity index (χ2v) is 8.96. The molecule has 1 saturated heterocycles. The van der Waals surface area contributed by atoms with Crippen molar-refractivity contribution in [2.45, 2.75) is 44.3 Å². The number of benzene rings is 2. The summed E-state index contributed by atoms with van der Waals surface area (Å²) >= 11 is 0. The molecule has 3 aromatic rings. The predicted octanol–water partition coefficient (Wildman–Crippen LogP) is 0.676. The molecular formula is C24H31FN6+2. The maximum absolute atomic E-state index is 13.3. The number of piperazine rings is 1. The van der Waals surface area contributed by atoms with Crippen molar-refractivity contribution in [1.29, 1.82) is 0 Å². The van der Waals surface area contributed by atoms with Crippen LogP contribution in [0.1, 0.15) is 48.7 Å². The van der Waals surface area contributed by atoms with Gasteiger partial charge >= 0.3 is 0 Å². The zero-order chi connectivity index (χ0) is 21.0. The van der Waals surface area contributed by atoms with Crippen LogP contribution in [0, 0.1) is 5.82 Å². The molecule has 1 aliphatic heterocycles. The summed E-state index contributed by atoms with van der Waals surface area (Å²) in [6, 6.07) is 18.2. The van der Waals surface area contributed by atoms with Crippen molar-refractivity contribution in [3.63, 3.8) is 0 Å². The Morgan fingerprint density at radius 3 is 2.35 bits per heavy atom. The number of quaternary nitrogens is 2. The number of aromatic nitrogens is 4. The van der Waals surface area contributed by atoms with E-state index >= 15 is 0 Å². The molecule has 7 heteroatoms. The molecule has 5 rings (SSSR count). The molecule has 1 aliphatic carbocycles. The van der Waals surface area contributed by atoms with Gasteiger partial charge in [0.25, 0.3) is 0 Å². The molecule has 1 saturated carbocycles. The number of hydrogen-bond acceptors (Lipinski definition) is 3. The molecule has 0 amide bonds. The van der Waals surface area contributed by atoms with Gasteiger partial charge in [0.1, 0.15) is 32.0 Å². The first-order valence-corrected chi connectivity index (χ1v) is 11.5. The Kier molecular flexibility index (Phi) is 6.04. The Hall–Kier alpha value is -2.64. The average Bonchev–Trinajstić information content (AvgIpc) is 3.50. The van der Waals surface area contributed by atoms with Crippen molar-refractivity contribution in [3.8, 4) is 0 Å². The first-order valence-electron chi connectivity index (χ1n) is 11.5. The van der Waals surface area contributed by atoms with Crippen LogP contribution >= 0.6 is 0 Å². The molecule has 6 nitrogen and oxygen atoms in total. The second-order valence-electron chi connectivity index (χ2n) is 8.96. The molecular weight excluding hydrogens is 391 g/mol. The monoisotopic (exact) mass is 422 g/mol. The van der Waals surface area contributed by atoms with Crippen LogP contribution in [0.5, 0.6) is 0 Å². The molecule has 1 atom stereocenters. The molecule has 2 N–H and O–H groups in total. The zero-order valence-electron chi connectivity index (χ0n) is 17.9. The fourth-order valence-electron chi connectivity index (χ4n) is 5.43. The summed E-state index contributed by atoms with van der Waals surface area (Å²) in [6.07, 6.45) is 5.58. The van der Waals surface area contributed by atoms with Crippen molar-refractivity contribution in [3.05, 3.63) is 77.4 Å². The standard InChI is InChI=1S/C24H29FN6/c25-21-12-10-19(11-13-21)18-31-24(26-27-28-31)23(20-6-2-1-3-7-20)30-16-14-29(15-17-30)22-8-4-5-9-22/h1-3,6-7,10-13,22-23H,4-5,8-9,14-18H2/p+2/t23-/m1/s1. The molecule has 162 valence electrons. The minimum Gasteiger partial charge on any atom is -0.323 e. The number of nitrogens with one attached hydrogen (secondary N) is 2. The van der Waals surface area contributed by atoms with E-state index in [1.165, 1.54) is 61.4 Å². The van der Waals surface area contributed by atoms with Crippen LogP contribution in [0.15, 0.2) is 54.6 Å². The molecule has 31 heavy (non-hydrogen) atoms. The molecule has 0 bridgehead atoms. The lowest BCUT2D eigenvalue weighted by atomic mass is 10.0. The van der Waals surface area contributed by atoms with E-state index in [4.69, 9.17) is 0 Å². The van der Waals surface area contributed by atoms with E-state index in [0.717, 1.165) is 30.5 Å². The Labute approximate surface area is 182 Å². The zero-order valence-corrected chi connectivity index (χ0v) is 17.9. The summed E-state index contributed by atoms with van der Waals surface area (Å²) in [5, 5.41) is 12.8. The first-order chi connectivity index (χ1) is 15.3. The summed E-state index contributed by atoms with van der Waals surface area (Å²) in [7, 11) is 0. The highest BCUT2D eigenvalue weighted by atomic mass is 19.1. The lowest BCUT2D eigenvalue weighted by Crippen LogP contribution is -3.29. The van der Waals surface area contributed by atoms with E-state index in [1.54, 1.807) is 17.0 Å². The topological polar surface area (TPSA) is 52.5 Å². The second kappa shape index (κ2) is 9.24. The minimum atomic E-state index is -0.227. The van der Waals surface area contributed by atoms with E-state index < -0.39 is 0 Å². The Morgan fingerprint density at radius 1 is 0.935 bits per heavy atom. The quantitative estimate of drug-likeness (QED) is 0.614. The minimum absolute atomic E-state index is 0.0989. The van der Waals surface area contributed by atoms with Crippen LogP contribution in [-0.2, 0) is 6.54 Å². The smallest absolute Gasteiger partial charge is 0.214 e. The maximum atomic E-state index is 13.3. The van der Waals surface area contributed by atoms with Crippen molar-refractivity contribution < 1.29 is 14.2 Å². The van der Waals surface area contributed by atoms with E-state index in [2.05, 4.69) is 45.9 Å². The normalized spacial score (nSPS) is 23.1. The Morgan fingerprint density at radius 2 is 1.65 bits per heavy atom. The molecule has 1 aromatic heterocycles. The van der Waals surface area contributed by atoms with E-state index in [1.807, 2.05) is 4.68 Å². The summed E-state index contributed by atoms with van der Waals surface area (Å²) < 4.78 is 15.2. The third-order valence-corrected chi connectivity index (χ3v) is 7.07. The lowest BCUT2D eigenvalue weighted by Gasteiger charge is -2.36. The van der Waals surface area contributed by atoms with Crippen LogP contribution in [0.3, 0.4) is 0 Å². The van der Waals surface area contributed by atoms with Crippen LogP contribution in [-0.4, -0.2) is 52.4 Å². The van der Waals surface area contributed by atoms with Crippen molar-refractivity contribution in [1.82, 2.24) is 20.2 Å². The molecule has 0 radical (unpaired) electrons. The van der Waals surface area contributed by atoms with E-state index in [9.17, 15) is 4.39 Å². The van der Waals surface area contributed by atoms with Crippen LogP contribution in [0.2, 0.25) is 0 Å². The third kappa shape index (κ3) is 4.52. The predicted molar refractivity (Wildman–Crippen MR) is 115 cm³/mol. The molecule has 0 unspecified atom stereocenters. The fourth-order valence-corrected chi connectivity index (χ4v) is 5.43. The Bertz CT molecular complexity index is 959. The van der Waals surface area contributed by atoms with Gasteiger partial charge in [0.05, 0.1) is 12.6 Å². The van der Waals surface area contributed by atoms with Gasteiger partial charge in [0, 0.05) is 5.56 Å². The summed E-state index contributed by atoms with van der Waals surface area (Å²) in [5.74, 6) is 0.657. The van der Waals surface area contributed by atoms with Gasteiger partial charge in [-0.05, 0) is 53.8 Å². The molecule has 2 aromatic carbocycles. The Balaban J connectivity index is 1.39. The van der Waals surface area contributed by atoms with Crippen LogP contribution in [0.25, 0.3) is 0 Å². The third-order valence-electron chi connectivity index (χ3n) is 7.07. The number of halogens is 1. The van der Waals surface area contributed by atoms with Gasteiger partial charge in [-0.25, -0.2) is 9.07 Å². The highest BCUT2D eigenvalue weighted by Gasteiger charge is 2.37. The molecule has 2 heterocycles. The van der Waals surface area contributed by atoms with E-state index in [0.29, 0.717) is 6.54 Å². The van der Waals surface area contributed by atoms with Crippen LogP contribution < -0.4 is 9.80 Å². The number of hydrogen-bond donors (Lipinski definition) is 2. The number of rotatable bonds is 6. The highest BCUT2D eigenvalue weighted by Crippen LogP contribution is 2.18. The number of nitrogens with zero attached hydrogens (tertiary/aromatic N) is 4. The lowest BCUT2D eigenvalue weighted by molar-refractivity contribution is -1.03. The van der Waals surface area contributed by atoms with Gasteiger partial charge in [0.15, 0.2) is 6.04 Å². The fraction of sp³-hybridized carbons (Fsp3) is 0.458. The van der Waals surface area contributed by atoms with Gasteiger partial charge < -0.3 is 9.80 Å². The van der Waals surface area contributed by atoms with Crippen molar-refractivity contribution >= 4 is 0 Å². The van der Waals surface area contributed by atoms with Gasteiger partial charge in [0.2, 0.25) is 5.82 Å². The molecule has 0 spiro atoms. The molecule has 2 fully saturated rings. The first kappa shape index (κ1) is 20.3. The van der Waals surface area contributed by atoms with Crippen molar-refractivity contribution in [2.75, 3.05) is 26.2 Å². The van der Waals surface area contributed by atoms with Gasteiger partial charge in [-0.1, -0.05) is 42.5 Å². The SMILES string of the molecule is Fc1ccc(Cn2nnnc2[C@@H](c2ccccc2)[NH+]2CC[NH+](C3CCCC3)CC2)cc1. The number of tetrazole rings is 1. The maximum Gasteiger partial charge on any atom is 0.214 e. The van der Waals surface area contributed by atoms with Crippen molar-refractivity contribution in [2.24, 2.45) is 0 Å². The largest absolute Gasteiger partial charge is 0.323 e. The van der Waals surface area contributed by atoms with Gasteiger partial charge in [-0.15, -0.1) is 5.10 Å².